The predicted molar refractivity (Wildman–Crippen MR) is 57.6 cm³/mol. The van der Waals surface area contributed by atoms with Crippen LogP contribution in [0.3, 0.4) is 0 Å². The van der Waals surface area contributed by atoms with Crippen LogP contribution < -0.4 is 0 Å². The van der Waals surface area contributed by atoms with Gasteiger partial charge in [-0.3, -0.25) is 0 Å². The summed E-state index contributed by atoms with van der Waals surface area (Å²) in [5.41, 5.74) is 0.741. The fourth-order valence-corrected chi connectivity index (χ4v) is 4.11. The Bertz CT molecular complexity index is 435. The summed E-state index contributed by atoms with van der Waals surface area (Å²) in [5.74, 6) is -0.184. The summed E-state index contributed by atoms with van der Waals surface area (Å²) in [6.07, 6.45) is 1.87. The van der Waals surface area contributed by atoms with Gasteiger partial charge in [0.2, 0.25) is 0 Å². The fourth-order valence-electron chi connectivity index (χ4n) is 1.87. The van der Waals surface area contributed by atoms with Crippen LogP contribution in [0, 0.1) is 0 Å². The molecule has 2 unspecified atom stereocenters. The van der Waals surface area contributed by atoms with Crippen LogP contribution in [0.15, 0.2) is 22.9 Å². The maximum absolute atomic E-state index is 11.6. The highest BCUT2D eigenvalue weighted by molar-refractivity contribution is 8.03. The maximum Gasteiger partial charge on any atom is 0.339 e. The molecule has 3 heterocycles. The monoisotopic (exact) mass is 224 g/mol. The second kappa shape index (κ2) is 2.64. The standard InChI is InChI=1S/C10H8O2S2/c1-10-7(3-5-14-10)12-9(11)6-2-4-13-8(6)10/h2-5,7H,1H3. The molecule has 1 aromatic heterocycles. The Morgan fingerprint density at radius 2 is 2.43 bits per heavy atom. The molecule has 0 saturated heterocycles. The van der Waals surface area contributed by atoms with Crippen LogP contribution >= 0.6 is 23.1 Å². The Labute approximate surface area is 90.0 Å². The van der Waals surface area contributed by atoms with Gasteiger partial charge < -0.3 is 4.74 Å². The van der Waals surface area contributed by atoms with Crippen LogP contribution in [-0.2, 0) is 9.48 Å². The Kier molecular flexibility index (Phi) is 1.61. The van der Waals surface area contributed by atoms with Crippen LogP contribution in [0.25, 0.3) is 0 Å². The molecule has 0 aliphatic carbocycles. The number of carbonyl (C=O) groups excluding carboxylic acids is 1. The fraction of sp³-hybridized carbons (Fsp3) is 0.300. The number of ether oxygens (including phenoxy) is 1. The van der Waals surface area contributed by atoms with Crippen molar-refractivity contribution in [3.05, 3.63) is 33.4 Å². The van der Waals surface area contributed by atoms with Crippen molar-refractivity contribution >= 4 is 29.1 Å². The number of esters is 1. The molecule has 3 rings (SSSR count). The molecular formula is C10H8O2S2. The molecule has 1 aromatic rings. The lowest BCUT2D eigenvalue weighted by atomic mass is 9.96. The molecule has 0 N–H and O–H groups in total. The number of thioether (sulfide) groups is 1. The number of hydrogen-bond acceptors (Lipinski definition) is 4. The van der Waals surface area contributed by atoms with E-state index in [0.29, 0.717) is 0 Å². The number of fused-ring (bicyclic) bond motifs is 3. The molecule has 2 atom stereocenters. The largest absolute Gasteiger partial charge is 0.453 e. The van der Waals surface area contributed by atoms with Gasteiger partial charge in [0.25, 0.3) is 0 Å². The minimum atomic E-state index is -0.184. The van der Waals surface area contributed by atoms with Crippen LogP contribution in [0.4, 0.5) is 0 Å². The average Bonchev–Trinajstić information content (AvgIpc) is 2.72. The number of thiophene rings is 1. The summed E-state index contributed by atoms with van der Waals surface area (Å²) in [6.45, 7) is 2.13. The first-order valence-electron chi connectivity index (χ1n) is 4.35. The zero-order valence-electron chi connectivity index (χ0n) is 7.52. The topological polar surface area (TPSA) is 26.3 Å². The molecular weight excluding hydrogens is 216 g/mol. The average molecular weight is 224 g/mol. The lowest BCUT2D eigenvalue weighted by molar-refractivity contribution is 0.0287. The van der Waals surface area contributed by atoms with Crippen molar-refractivity contribution in [3.63, 3.8) is 0 Å². The molecule has 0 amide bonds. The molecule has 0 fully saturated rings. The number of rotatable bonds is 0. The van der Waals surface area contributed by atoms with Crippen molar-refractivity contribution in [3.8, 4) is 0 Å². The van der Waals surface area contributed by atoms with Crippen molar-refractivity contribution < 1.29 is 9.53 Å². The summed E-state index contributed by atoms with van der Waals surface area (Å²) >= 11 is 3.37. The van der Waals surface area contributed by atoms with E-state index in [2.05, 4.69) is 6.92 Å². The number of carbonyl (C=O) groups is 1. The third kappa shape index (κ3) is 0.902. The van der Waals surface area contributed by atoms with Crippen molar-refractivity contribution in [1.29, 1.82) is 0 Å². The summed E-state index contributed by atoms with van der Waals surface area (Å²) in [7, 11) is 0. The van der Waals surface area contributed by atoms with E-state index in [0.717, 1.165) is 10.4 Å². The van der Waals surface area contributed by atoms with Gasteiger partial charge in [0.15, 0.2) is 0 Å². The Hall–Kier alpha value is -0.740. The molecule has 0 saturated carbocycles. The predicted octanol–water partition coefficient (Wildman–Crippen LogP) is 2.76. The van der Waals surface area contributed by atoms with E-state index in [9.17, 15) is 4.79 Å². The normalized spacial score (nSPS) is 33.8. The molecule has 0 spiro atoms. The summed E-state index contributed by atoms with van der Waals surface area (Å²) in [4.78, 5) is 12.7. The van der Waals surface area contributed by atoms with E-state index < -0.39 is 0 Å². The first-order valence-corrected chi connectivity index (χ1v) is 6.11. The van der Waals surface area contributed by atoms with E-state index in [1.807, 2.05) is 22.9 Å². The highest BCUT2D eigenvalue weighted by atomic mass is 32.2. The Balaban J connectivity index is 2.22. The van der Waals surface area contributed by atoms with Gasteiger partial charge in [-0.05, 0) is 29.9 Å². The highest BCUT2D eigenvalue weighted by Crippen LogP contribution is 2.52. The van der Waals surface area contributed by atoms with Crippen LogP contribution in [0.2, 0.25) is 0 Å². The lowest BCUT2D eigenvalue weighted by Gasteiger charge is -2.33. The zero-order chi connectivity index (χ0) is 9.76. The second-order valence-corrected chi connectivity index (χ2v) is 5.81. The minimum absolute atomic E-state index is 0.0859. The molecule has 72 valence electrons. The van der Waals surface area contributed by atoms with Gasteiger partial charge in [-0.1, -0.05) is 0 Å². The quantitative estimate of drug-likeness (QED) is 0.634. The molecule has 2 aliphatic heterocycles. The van der Waals surface area contributed by atoms with Gasteiger partial charge in [0.1, 0.15) is 6.10 Å². The van der Waals surface area contributed by atoms with Crippen molar-refractivity contribution in [2.75, 3.05) is 0 Å². The molecule has 0 radical (unpaired) electrons. The Morgan fingerprint density at radius 1 is 1.57 bits per heavy atom. The van der Waals surface area contributed by atoms with E-state index in [1.54, 1.807) is 23.1 Å². The number of hydrogen-bond donors (Lipinski definition) is 0. The minimum Gasteiger partial charge on any atom is -0.453 e. The van der Waals surface area contributed by atoms with Gasteiger partial charge in [-0.2, -0.15) is 0 Å². The molecule has 4 heteroatoms. The van der Waals surface area contributed by atoms with Gasteiger partial charge >= 0.3 is 5.97 Å². The third-order valence-corrected chi connectivity index (χ3v) is 5.18. The molecule has 14 heavy (non-hydrogen) atoms. The van der Waals surface area contributed by atoms with Gasteiger partial charge in [-0.25, -0.2) is 4.79 Å². The third-order valence-electron chi connectivity index (χ3n) is 2.68. The first-order chi connectivity index (χ1) is 6.72. The SMILES string of the molecule is CC12SC=CC1OC(=O)c1ccsc12. The highest BCUT2D eigenvalue weighted by Gasteiger charge is 2.47. The van der Waals surface area contributed by atoms with E-state index in [1.165, 1.54) is 0 Å². The summed E-state index contributed by atoms with van der Waals surface area (Å²) in [6, 6.07) is 1.85. The smallest absolute Gasteiger partial charge is 0.339 e. The van der Waals surface area contributed by atoms with E-state index in [-0.39, 0.29) is 16.8 Å². The summed E-state index contributed by atoms with van der Waals surface area (Å²) < 4.78 is 5.27. The molecule has 0 aromatic carbocycles. The van der Waals surface area contributed by atoms with Crippen molar-refractivity contribution in [1.82, 2.24) is 0 Å². The van der Waals surface area contributed by atoms with Crippen LogP contribution in [-0.4, -0.2) is 12.1 Å². The second-order valence-electron chi connectivity index (χ2n) is 3.54. The molecule has 0 bridgehead atoms. The van der Waals surface area contributed by atoms with E-state index >= 15 is 0 Å². The van der Waals surface area contributed by atoms with Crippen molar-refractivity contribution in [2.45, 2.75) is 17.8 Å². The van der Waals surface area contributed by atoms with Crippen molar-refractivity contribution in [2.24, 2.45) is 0 Å². The zero-order valence-corrected chi connectivity index (χ0v) is 9.15. The molecule has 2 aliphatic rings. The summed E-state index contributed by atoms with van der Waals surface area (Å²) in [5, 5.41) is 3.98. The Morgan fingerprint density at radius 3 is 3.29 bits per heavy atom. The van der Waals surface area contributed by atoms with Gasteiger partial charge in [-0.15, -0.1) is 23.1 Å². The van der Waals surface area contributed by atoms with Crippen LogP contribution in [0.1, 0.15) is 22.2 Å². The first kappa shape index (κ1) is 8.56. The van der Waals surface area contributed by atoms with Crippen LogP contribution in [0.5, 0.6) is 0 Å². The lowest BCUT2D eigenvalue weighted by Crippen LogP contribution is -2.38. The van der Waals surface area contributed by atoms with Gasteiger partial charge in [0, 0.05) is 4.88 Å². The van der Waals surface area contributed by atoms with Gasteiger partial charge in [0.05, 0.1) is 10.3 Å². The maximum atomic E-state index is 11.6. The molecule has 2 nitrogen and oxygen atoms in total. The van der Waals surface area contributed by atoms with E-state index in [4.69, 9.17) is 4.74 Å².